The summed E-state index contributed by atoms with van der Waals surface area (Å²) < 4.78 is 7.68. The van der Waals surface area contributed by atoms with Gasteiger partial charge in [0.2, 0.25) is 0 Å². The standard InChI is InChI=1S/C5O6.I2/c6-1-5(2(7)10-1)3(8)11-4(5)9;1-2. The van der Waals surface area contributed by atoms with Crippen molar-refractivity contribution in [2.75, 3.05) is 0 Å². The van der Waals surface area contributed by atoms with Crippen molar-refractivity contribution in [3.63, 3.8) is 0 Å². The number of ether oxygens (including phenoxy) is 2. The Labute approximate surface area is 94.6 Å². The molecule has 0 atom stereocenters. The zero-order chi connectivity index (χ0) is 10.2. The summed E-state index contributed by atoms with van der Waals surface area (Å²) >= 11 is 4.24. The molecule has 2 aliphatic rings. The van der Waals surface area contributed by atoms with E-state index in [2.05, 4.69) is 46.7 Å². The fourth-order valence-corrected chi connectivity index (χ4v) is 0.882. The minimum absolute atomic E-state index is 1.14. The number of cyclic esters (lactones) is 4. The van der Waals surface area contributed by atoms with Crippen LogP contribution in [0, 0.1) is 5.41 Å². The van der Waals surface area contributed by atoms with Crippen molar-refractivity contribution < 1.29 is 28.7 Å². The Kier molecular flexibility index (Phi) is 2.89. The molecule has 8 heteroatoms. The lowest BCUT2D eigenvalue weighted by molar-refractivity contribution is -0.223. The van der Waals surface area contributed by atoms with Gasteiger partial charge in [0.25, 0.3) is 0 Å². The van der Waals surface area contributed by atoms with E-state index >= 15 is 0 Å². The molecule has 13 heavy (non-hydrogen) atoms. The van der Waals surface area contributed by atoms with E-state index in [1.54, 1.807) is 0 Å². The molecular formula is C5I2O6. The molecule has 0 aromatic heterocycles. The predicted molar refractivity (Wildman–Crippen MR) is 52.7 cm³/mol. The fourth-order valence-electron chi connectivity index (χ4n) is 0.882. The molecule has 2 aliphatic heterocycles. The summed E-state index contributed by atoms with van der Waals surface area (Å²) in [6.07, 6.45) is 0. The first-order valence-electron chi connectivity index (χ1n) is 2.78. The van der Waals surface area contributed by atoms with Gasteiger partial charge in [0.05, 0.1) is 0 Å². The van der Waals surface area contributed by atoms with E-state index in [-0.39, 0.29) is 0 Å². The Hall–Kier alpha value is -0.260. The summed E-state index contributed by atoms with van der Waals surface area (Å²) in [4.78, 5) is 42.0. The third kappa shape index (κ3) is 1.11. The second-order valence-electron chi connectivity index (χ2n) is 2.10. The van der Waals surface area contributed by atoms with Gasteiger partial charge in [-0.1, -0.05) is 0 Å². The molecule has 6 nitrogen and oxygen atoms in total. The summed E-state index contributed by atoms with van der Waals surface area (Å²) in [6.45, 7) is 0. The summed E-state index contributed by atoms with van der Waals surface area (Å²) in [5.41, 5.74) is -2.22. The molecule has 2 saturated heterocycles. The average molecular weight is 410 g/mol. The molecule has 2 heterocycles. The molecule has 0 N–H and O–H groups in total. The zero-order valence-corrected chi connectivity index (χ0v) is 10.0. The molecular weight excluding hydrogens is 410 g/mol. The maximum Gasteiger partial charge on any atom is 0.357 e. The topological polar surface area (TPSA) is 86.7 Å². The highest BCUT2D eigenvalue weighted by Gasteiger charge is 2.80. The minimum Gasteiger partial charge on any atom is -0.390 e. The van der Waals surface area contributed by atoms with Gasteiger partial charge in [-0.3, -0.25) is 0 Å². The van der Waals surface area contributed by atoms with Crippen LogP contribution in [-0.2, 0) is 28.7 Å². The Bertz CT molecular complexity index is 257. The van der Waals surface area contributed by atoms with Gasteiger partial charge in [0.1, 0.15) is 0 Å². The van der Waals surface area contributed by atoms with E-state index in [1.807, 2.05) is 0 Å². The smallest absolute Gasteiger partial charge is 0.357 e. The van der Waals surface area contributed by atoms with Crippen LogP contribution < -0.4 is 0 Å². The molecule has 2 rings (SSSR count). The van der Waals surface area contributed by atoms with Crippen LogP contribution in [0.2, 0.25) is 0 Å². The molecule has 0 aromatic rings. The van der Waals surface area contributed by atoms with Crippen LogP contribution in [0.4, 0.5) is 0 Å². The normalized spacial score (nSPS) is 22.0. The van der Waals surface area contributed by atoms with Crippen molar-refractivity contribution in [2.45, 2.75) is 0 Å². The van der Waals surface area contributed by atoms with Crippen LogP contribution in [0.5, 0.6) is 0 Å². The molecule has 0 radical (unpaired) electrons. The lowest BCUT2D eigenvalue weighted by Gasteiger charge is -2.36. The van der Waals surface area contributed by atoms with Crippen LogP contribution in [0.1, 0.15) is 0 Å². The van der Waals surface area contributed by atoms with Crippen molar-refractivity contribution in [2.24, 2.45) is 5.41 Å². The summed E-state index contributed by atoms with van der Waals surface area (Å²) in [5.74, 6) is -4.54. The average Bonchev–Trinajstić information content (AvgIpc) is 2.07. The largest absolute Gasteiger partial charge is 0.390 e. The summed E-state index contributed by atoms with van der Waals surface area (Å²) in [6, 6.07) is 0. The molecule has 70 valence electrons. The van der Waals surface area contributed by atoms with E-state index in [9.17, 15) is 19.2 Å². The highest BCUT2D eigenvalue weighted by molar-refractivity contribution is 15.0. The van der Waals surface area contributed by atoms with Crippen molar-refractivity contribution in [3.05, 3.63) is 0 Å². The van der Waals surface area contributed by atoms with Crippen LogP contribution >= 0.6 is 37.2 Å². The molecule has 0 unspecified atom stereocenters. The first-order valence-corrected chi connectivity index (χ1v) is 9.06. The first kappa shape index (κ1) is 10.8. The summed E-state index contributed by atoms with van der Waals surface area (Å²) in [7, 11) is 0. The van der Waals surface area contributed by atoms with Gasteiger partial charge >= 0.3 is 29.3 Å². The molecule has 1 spiro atoms. The molecule has 0 aliphatic carbocycles. The Balaban J connectivity index is 0.000000396. The predicted octanol–water partition coefficient (Wildman–Crippen LogP) is -0.0890. The quantitative estimate of drug-likeness (QED) is 0.316. The molecule has 0 bridgehead atoms. The fraction of sp³-hybridized carbons (Fsp3) is 0.200. The maximum absolute atomic E-state index is 10.5. The number of halogens is 2. The number of esters is 4. The van der Waals surface area contributed by atoms with Gasteiger partial charge in [-0.05, 0) is 0 Å². The van der Waals surface area contributed by atoms with Crippen molar-refractivity contribution in [1.29, 1.82) is 0 Å². The van der Waals surface area contributed by atoms with Gasteiger partial charge < -0.3 is 9.47 Å². The van der Waals surface area contributed by atoms with Gasteiger partial charge in [-0.15, -0.1) is 0 Å². The highest BCUT2D eigenvalue weighted by atomic mass is 128. The number of hydrogen-bond donors (Lipinski definition) is 0. The van der Waals surface area contributed by atoms with Crippen molar-refractivity contribution in [1.82, 2.24) is 0 Å². The monoisotopic (exact) mass is 410 g/mol. The minimum atomic E-state index is -2.22. The maximum atomic E-state index is 10.5. The van der Waals surface area contributed by atoms with Crippen molar-refractivity contribution in [3.8, 4) is 0 Å². The SMILES string of the molecule is II.O=C1OC(=O)C12C(=O)OC2=O. The van der Waals surface area contributed by atoms with E-state index in [4.69, 9.17) is 0 Å². The number of carbonyl (C=O) groups excluding carboxylic acids is 4. The molecule has 0 amide bonds. The first-order chi connectivity index (χ1) is 6.10. The van der Waals surface area contributed by atoms with Crippen LogP contribution in [0.15, 0.2) is 0 Å². The van der Waals surface area contributed by atoms with E-state index < -0.39 is 29.3 Å². The molecule has 2 fully saturated rings. The lowest BCUT2D eigenvalue weighted by Crippen LogP contribution is -2.71. The second-order valence-corrected chi connectivity index (χ2v) is 2.10. The van der Waals surface area contributed by atoms with Gasteiger partial charge in [0.15, 0.2) is 0 Å². The van der Waals surface area contributed by atoms with Crippen molar-refractivity contribution >= 4 is 61.1 Å². The second kappa shape index (κ2) is 3.48. The Morgan fingerprint density at radius 1 is 0.769 bits per heavy atom. The lowest BCUT2D eigenvalue weighted by atomic mass is 9.80. The van der Waals surface area contributed by atoms with E-state index in [0.29, 0.717) is 0 Å². The third-order valence-corrected chi connectivity index (χ3v) is 1.60. The van der Waals surface area contributed by atoms with E-state index in [1.165, 1.54) is 0 Å². The Morgan fingerprint density at radius 2 is 1.00 bits per heavy atom. The molecule has 0 saturated carbocycles. The molecule has 0 aromatic carbocycles. The highest BCUT2D eigenvalue weighted by Crippen LogP contribution is 2.40. The van der Waals surface area contributed by atoms with Gasteiger partial charge in [-0.25, -0.2) is 19.2 Å². The zero-order valence-electron chi connectivity index (χ0n) is 5.71. The Morgan fingerprint density at radius 3 is 1.08 bits per heavy atom. The van der Waals surface area contributed by atoms with E-state index in [0.717, 1.165) is 0 Å². The van der Waals surface area contributed by atoms with Gasteiger partial charge in [-0.2, -0.15) is 0 Å². The van der Waals surface area contributed by atoms with Gasteiger partial charge in [0, 0.05) is 37.2 Å². The number of carbonyl (C=O) groups is 4. The summed E-state index contributed by atoms with van der Waals surface area (Å²) in [5, 5.41) is 0. The van der Waals surface area contributed by atoms with Crippen LogP contribution in [-0.4, -0.2) is 23.9 Å². The third-order valence-electron chi connectivity index (χ3n) is 1.60. The van der Waals surface area contributed by atoms with Crippen LogP contribution in [0.25, 0.3) is 0 Å². The number of rotatable bonds is 0. The number of hydrogen-bond acceptors (Lipinski definition) is 6. The van der Waals surface area contributed by atoms with Crippen LogP contribution in [0.3, 0.4) is 0 Å².